The second-order valence-corrected chi connectivity index (χ2v) is 20.6. The van der Waals surface area contributed by atoms with Gasteiger partial charge in [-0.25, -0.2) is 14.5 Å². The molecule has 1 amide bonds. The van der Waals surface area contributed by atoms with Crippen LogP contribution in [-0.2, 0) is 9.47 Å². The normalized spacial score (nSPS) is 19.6. The van der Waals surface area contributed by atoms with E-state index < -0.39 is 13.7 Å². The van der Waals surface area contributed by atoms with Crippen molar-refractivity contribution in [1.29, 1.82) is 0 Å². The van der Waals surface area contributed by atoms with Crippen LogP contribution in [0.2, 0.25) is 19.6 Å². The fraction of sp³-hybridized carbons (Fsp3) is 0.500. The Kier molecular flexibility index (Phi) is 7.88. The molecule has 7 rings (SSSR count). The Balaban J connectivity index is 1.36. The molecule has 47 heavy (non-hydrogen) atoms. The number of hydrogen-bond donors (Lipinski definition) is 0. The highest BCUT2D eigenvalue weighted by Crippen LogP contribution is 2.46. The molecule has 8 nitrogen and oxygen atoms in total. The Labute approximate surface area is 279 Å². The summed E-state index contributed by atoms with van der Waals surface area (Å²) < 4.78 is 13.9. The number of carbonyl (C=O) groups is 1. The first kappa shape index (κ1) is 31.7. The molecule has 0 radical (unpaired) electrons. The van der Waals surface area contributed by atoms with Crippen molar-refractivity contribution in [3.05, 3.63) is 53.7 Å². The minimum atomic E-state index is -1.74. The molecular formula is C38H47N5O3Si. The molecule has 3 aliphatic rings. The summed E-state index contributed by atoms with van der Waals surface area (Å²) in [4.78, 5) is 22.4. The number of para-hydroxylation sites is 1. The fourth-order valence-electron chi connectivity index (χ4n) is 7.36. The fourth-order valence-corrected chi connectivity index (χ4v) is 7.86. The van der Waals surface area contributed by atoms with Crippen molar-refractivity contribution in [1.82, 2.24) is 19.7 Å². The van der Waals surface area contributed by atoms with E-state index in [2.05, 4.69) is 84.0 Å². The molecule has 1 spiro atoms. The minimum absolute atomic E-state index is 0.0327. The minimum Gasteiger partial charge on any atom is -0.444 e. The number of pyridine rings is 1. The van der Waals surface area contributed by atoms with Gasteiger partial charge in [0.15, 0.2) is 6.23 Å². The predicted octanol–water partition coefficient (Wildman–Crippen LogP) is 7.94. The quantitative estimate of drug-likeness (QED) is 0.166. The maximum absolute atomic E-state index is 12.8. The third kappa shape index (κ3) is 6.14. The van der Waals surface area contributed by atoms with Crippen molar-refractivity contribution < 1.29 is 14.3 Å². The van der Waals surface area contributed by atoms with E-state index >= 15 is 0 Å². The number of anilines is 1. The monoisotopic (exact) mass is 649 g/mol. The summed E-state index contributed by atoms with van der Waals surface area (Å²) >= 11 is 0. The molecule has 3 aliphatic heterocycles. The van der Waals surface area contributed by atoms with E-state index in [9.17, 15) is 4.79 Å². The maximum atomic E-state index is 12.8. The number of ether oxygens (including phenoxy) is 2. The Bertz CT molecular complexity index is 1910. The van der Waals surface area contributed by atoms with Crippen LogP contribution in [0.5, 0.6) is 0 Å². The van der Waals surface area contributed by atoms with Gasteiger partial charge in [-0.15, -0.1) is 5.54 Å². The third-order valence-electron chi connectivity index (χ3n) is 9.55. The standard InChI is InChI=1S/C38H47N5O3Si/c1-26-15-16-31-29(22-39-43(31)32-14-10-11-20-45-32)33(26)34-27-12-8-9-13-30(27)40-35(28(34)17-21-47(5,6)7)41-19-18-38(23-41)24-42(25-38)36(44)46-37(2,3)4/h8-9,12-13,15-16,22,32H,10-11,14,18-20,23-25H2,1-7H3. The molecule has 9 heteroatoms. The van der Waals surface area contributed by atoms with E-state index in [1.54, 1.807) is 0 Å². The first-order valence-electron chi connectivity index (χ1n) is 17.1. The molecule has 0 N–H and O–H groups in total. The molecule has 2 aromatic heterocycles. The Hall–Kier alpha value is -3.87. The molecule has 5 heterocycles. The average molecular weight is 650 g/mol. The Morgan fingerprint density at radius 2 is 1.83 bits per heavy atom. The average Bonchev–Trinajstić information content (AvgIpc) is 3.64. The number of aryl methyl sites for hydroxylation is 1. The van der Waals surface area contributed by atoms with Crippen LogP contribution in [0.3, 0.4) is 0 Å². The molecule has 0 aliphatic carbocycles. The van der Waals surface area contributed by atoms with Gasteiger partial charge in [-0.05, 0) is 76.6 Å². The van der Waals surface area contributed by atoms with Crippen molar-refractivity contribution in [3.63, 3.8) is 0 Å². The van der Waals surface area contributed by atoms with Gasteiger partial charge >= 0.3 is 6.09 Å². The molecule has 3 fully saturated rings. The van der Waals surface area contributed by atoms with Crippen molar-refractivity contribution >= 4 is 41.8 Å². The lowest BCUT2D eigenvalue weighted by molar-refractivity contribution is -0.0366. The number of benzene rings is 2. The van der Waals surface area contributed by atoms with Crippen LogP contribution in [0, 0.1) is 23.8 Å². The van der Waals surface area contributed by atoms with Crippen LogP contribution < -0.4 is 4.90 Å². The van der Waals surface area contributed by atoms with Gasteiger partial charge in [0.25, 0.3) is 0 Å². The lowest BCUT2D eigenvalue weighted by Crippen LogP contribution is -2.60. The van der Waals surface area contributed by atoms with E-state index in [0.29, 0.717) is 13.1 Å². The zero-order valence-corrected chi connectivity index (χ0v) is 29.9. The van der Waals surface area contributed by atoms with Crippen LogP contribution in [0.15, 0.2) is 42.6 Å². The molecule has 2 aromatic carbocycles. The lowest BCUT2D eigenvalue weighted by atomic mass is 9.79. The lowest BCUT2D eigenvalue weighted by Gasteiger charge is -2.47. The second kappa shape index (κ2) is 11.7. The number of aromatic nitrogens is 3. The summed E-state index contributed by atoms with van der Waals surface area (Å²) in [6.45, 7) is 18.7. The van der Waals surface area contributed by atoms with Gasteiger partial charge < -0.3 is 19.3 Å². The summed E-state index contributed by atoms with van der Waals surface area (Å²) in [5, 5.41) is 7.13. The number of amides is 1. The van der Waals surface area contributed by atoms with Crippen LogP contribution in [0.4, 0.5) is 10.6 Å². The molecular weight excluding hydrogens is 603 g/mol. The van der Waals surface area contributed by atoms with E-state index in [4.69, 9.17) is 19.6 Å². The van der Waals surface area contributed by atoms with Gasteiger partial charge in [0, 0.05) is 54.5 Å². The predicted molar refractivity (Wildman–Crippen MR) is 191 cm³/mol. The van der Waals surface area contributed by atoms with Gasteiger partial charge in [-0.2, -0.15) is 5.10 Å². The number of nitrogens with zero attached hydrogens (tertiary/aromatic N) is 5. The number of hydrogen-bond acceptors (Lipinski definition) is 6. The smallest absolute Gasteiger partial charge is 0.410 e. The van der Waals surface area contributed by atoms with Gasteiger partial charge in [0.2, 0.25) is 0 Å². The summed E-state index contributed by atoms with van der Waals surface area (Å²) in [5.74, 6) is 4.68. The van der Waals surface area contributed by atoms with E-state index in [-0.39, 0.29) is 17.7 Å². The molecule has 3 saturated heterocycles. The number of fused-ring (bicyclic) bond motifs is 2. The SMILES string of the molecule is Cc1ccc2c(cnn2C2CCCCO2)c1-c1c(C#C[Si](C)(C)C)c(N2CCC3(CN(C(=O)OC(C)(C)C)C3)C2)nc2ccccc12. The molecule has 1 unspecified atom stereocenters. The molecule has 0 bridgehead atoms. The highest BCUT2D eigenvalue weighted by atomic mass is 28.3. The highest BCUT2D eigenvalue weighted by Gasteiger charge is 2.51. The molecule has 4 aromatic rings. The van der Waals surface area contributed by atoms with Crippen LogP contribution in [-0.4, -0.2) is 72.2 Å². The first-order valence-corrected chi connectivity index (χ1v) is 20.6. The van der Waals surface area contributed by atoms with Crippen molar-refractivity contribution in [2.24, 2.45) is 5.41 Å². The molecule has 0 saturated carbocycles. The van der Waals surface area contributed by atoms with Crippen molar-refractivity contribution in [2.45, 2.75) is 84.8 Å². The summed E-state index contributed by atoms with van der Waals surface area (Å²) in [6.07, 6.45) is 5.96. The second-order valence-electron chi connectivity index (χ2n) is 15.8. The van der Waals surface area contributed by atoms with Crippen molar-refractivity contribution in [3.8, 4) is 22.6 Å². The van der Waals surface area contributed by atoms with Crippen LogP contribution in [0.25, 0.3) is 32.9 Å². The van der Waals surface area contributed by atoms with E-state index in [1.807, 2.05) is 31.9 Å². The highest BCUT2D eigenvalue weighted by molar-refractivity contribution is 6.83. The third-order valence-corrected chi connectivity index (χ3v) is 10.4. The van der Waals surface area contributed by atoms with Gasteiger partial charge in [0.05, 0.1) is 22.8 Å². The van der Waals surface area contributed by atoms with Crippen LogP contribution in [0.1, 0.15) is 63.8 Å². The Morgan fingerprint density at radius 3 is 2.55 bits per heavy atom. The van der Waals surface area contributed by atoms with Crippen molar-refractivity contribution in [2.75, 3.05) is 37.7 Å². The molecule has 246 valence electrons. The molecule has 1 atom stereocenters. The topological polar surface area (TPSA) is 72.7 Å². The van der Waals surface area contributed by atoms with Gasteiger partial charge in [-0.3, -0.25) is 0 Å². The largest absolute Gasteiger partial charge is 0.444 e. The number of rotatable bonds is 3. The van der Waals surface area contributed by atoms with E-state index in [1.165, 1.54) is 5.56 Å². The zero-order chi connectivity index (χ0) is 33.1. The summed E-state index contributed by atoms with van der Waals surface area (Å²) in [5.41, 5.74) is 9.75. The number of likely N-dealkylation sites (tertiary alicyclic amines) is 1. The zero-order valence-electron chi connectivity index (χ0n) is 28.9. The van der Waals surface area contributed by atoms with Crippen LogP contribution >= 0.6 is 0 Å². The van der Waals surface area contributed by atoms with E-state index in [0.717, 1.165) is 89.7 Å². The first-order chi connectivity index (χ1) is 22.3. The number of carbonyl (C=O) groups excluding carboxylic acids is 1. The van der Waals surface area contributed by atoms with Gasteiger partial charge in [0.1, 0.15) is 19.5 Å². The Morgan fingerprint density at radius 1 is 1.04 bits per heavy atom. The maximum Gasteiger partial charge on any atom is 0.410 e. The summed E-state index contributed by atoms with van der Waals surface area (Å²) in [6, 6.07) is 12.9. The van der Waals surface area contributed by atoms with Gasteiger partial charge in [-0.1, -0.05) is 49.8 Å². The summed E-state index contributed by atoms with van der Waals surface area (Å²) in [7, 11) is -1.74.